The molecule has 32 heavy (non-hydrogen) atoms. The number of rotatable bonds is 5. The zero-order valence-electron chi connectivity index (χ0n) is 17.8. The van der Waals surface area contributed by atoms with Crippen LogP contribution >= 0.6 is 11.3 Å². The number of nitrogens with zero attached hydrogens (tertiary/aromatic N) is 3. The van der Waals surface area contributed by atoms with Crippen molar-refractivity contribution >= 4 is 42.6 Å². The van der Waals surface area contributed by atoms with Gasteiger partial charge in [-0.25, -0.2) is 13.4 Å². The Balaban J connectivity index is 1.54. The van der Waals surface area contributed by atoms with Gasteiger partial charge in [-0.15, -0.1) is 0 Å². The highest BCUT2D eigenvalue weighted by atomic mass is 32.2. The number of amides is 1. The van der Waals surface area contributed by atoms with E-state index in [1.165, 1.54) is 21.9 Å². The Bertz CT molecular complexity index is 1220. The maximum Gasteiger partial charge on any atom is 0.247 e. The summed E-state index contributed by atoms with van der Waals surface area (Å²) in [6.07, 6.45) is 3.27. The molecular weight excluding hydrogens is 446 g/mol. The zero-order chi connectivity index (χ0) is 22.3. The van der Waals surface area contributed by atoms with Gasteiger partial charge < -0.3 is 4.74 Å². The van der Waals surface area contributed by atoms with Crippen molar-refractivity contribution in [2.24, 2.45) is 0 Å². The van der Waals surface area contributed by atoms with Gasteiger partial charge >= 0.3 is 0 Å². The van der Waals surface area contributed by atoms with E-state index in [0.717, 1.165) is 34.2 Å². The molecule has 0 aliphatic carbocycles. The first-order valence-electron chi connectivity index (χ1n) is 10.7. The third-order valence-electron chi connectivity index (χ3n) is 6.11. The number of benzene rings is 2. The number of ether oxygens (including phenoxy) is 1. The second kappa shape index (κ2) is 8.55. The monoisotopic (exact) mass is 471 g/mol. The lowest BCUT2D eigenvalue weighted by atomic mass is 9.95. The Morgan fingerprint density at radius 3 is 2.66 bits per heavy atom. The lowest BCUT2D eigenvalue weighted by Gasteiger charge is -2.37. The van der Waals surface area contributed by atoms with Crippen molar-refractivity contribution in [3.8, 4) is 0 Å². The summed E-state index contributed by atoms with van der Waals surface area (Å²) in [5, 5.41) is 0.582. The molecule has 2 aliphatic heterocycles. The van der Waals surface area contributed by atoms with Crippen molar-refractivity contribution in [3.05, 3.63) is 59.7 Å². The van der Waals surface area contributed by atoms with Crippen LogP contribution in [0.2, 0.25) is 0 Å². The van der Waals surface area contributed by atoms with E-state index in [-0.39, 0.29) is 18.6 Å². The maximum atomic E-state index is 14.0. The number of carbonyl (C=O) groups is 1. The molecule has 1 amide bonds. The summed E-state index contributed by atoms with van der Waals surface area (Å²) in [6.45, 7) is 1.24. The highest BCUT2D eigenvalue weighted by molar-refractivity contribution is 7.88. The molecule has 2 atom stereocenters. The minimum absolute atomic E-state index is 0.0754. The van der Waals surface area contributed by atoms with E-state index in [1.807, 2.05) is 48.5 Å². The molecule has 0 bridgehead atoms. The third-order valence-corrected chi connectivity index (χ3v) is 8.40. The van der Waals surface area contributed by atoms with E-state index < -0.39 is 16.1 Å². The Morgan fingerprint density at radius 1 is 1.19 bits per heavy atom. The van der Waals surface area contributed by atoms with Gasteiger partial charge in [0, 0.05) is 13.2 Å². The van der Waals surface area contributed by atoms with Gasteiger partial charge in [-0.2, -0.15) is 4.31 Å². The molecule has 168 valence electrons. The molecular formula is C23H25N3O4S2. The van der Waals surface area contributed by atoms with Crippen LogP contribution in [0.5, 0.6) is 0 Å². The molecule has 0 N–H and O–H groups in total. The number of thiazole rings is 1. The third kappa shape index (κ3) is 4.17. The highest BCUT2D eigenvalue weighted by Gasteiger charge is 2.40. The predicted octanol–water partition coefficient (Wildman–Crippen LogP) is 3.19. The van der Waals surface area contributed by atoms with Gasteiger partial charge in [0.1, 0.15) is 6.04 Å². The van der Waals surface area contributed by atoms with Gasteiger partial charge in [-0.1, -0.05) is 47.7 Å². The molecule has 1 fully saturated rings. The van der Waals surface area contributed by atoms with Crippen LogP contribution in [-0.4, -0.2) is 55.2 Å². The Hall–Kier alpha value is -2.33. The van der Waals surface area contributed by atoms with Crippen LogP contribution in [-0.2, 0) is 32.5 Å². The summed E-state index contributed by atoms with van der Waals surface area (Å²) in [4.78, 5) is 20.3. The van der Waals surface area contributed by atoms with Gasteiger partial charge in [0.15, 0.2) is 5.13 Å². The lowest BCUT2D eigenvalue weighted by Crippen LogP contribution is -2.54. The summed E-state index contributed by atoms with van der Waals surface area (Å²) in [7, 11) is -3.59. The normalized spacial score (nSPS) is 21.5. The summed E-state index contributed by atoms with van der Waals surface area (Å²) in [6, 6.07) is 14.7. The first-order chi connectivity index (χ1) is 15.4. The van der Waals surface area contributed by atoms with E-state index in [0.29, 0.717) is 24.7 Å². The van der Waals surface area contributed by atoms with Crippen LogP contribution in [0.15, 0.2) is 48.5 Å². The van der Waals surface area contributed by atoms with Crippen LogP contribution in [0.4, 0.5) is 5.13 Å². The molecule has 2 aromatic carbocycles. The fraction of sp³-hybridized carbons (Fsp3) is 0.391. The molecule has 9 heteroatoms. The molecule has 1 saturated heterocycles. The van der Waals surface area contributed by atoms with Gasteiger partial charge in [0.05, 0.1) is 29.1 Å². The van der Waals surface area contributed by atoms with Crippen LogP contribution in [0.3, 0.4) is 0 Å². The number of anilines is 1. The smallest absolute Gasteiger partial charge is 0.247 e. The number of para-hydroxylation sites is 1. The SMILES string of the molecule is CS(=O)(=O)N1Cc2ccccc2C[C@@H]1C(=O)N(C[C@H]1CCCO1)c1nc2ccccc2s1. The molecule has 3 aromatic rings. The highest BCUT2D eigenvalue weighted by Crippen LogP contribution is 2.33. The fourth-order valence-electron chi connectivity index (χ4n) is 4.47. The van der Waals surface area contributed by atoms with Crippen molar-refractivity contribution in [2.45, 2.75) is 38.0 Å². The van der Waals surface area contributed by atoms with Gasteiger partial charge in [-0.3, -0.25) is 9.69 Å². The maximum absolute atomic E-state index is 14.0. The van der Waals surface area contributed by atoms with Gasteiger partial charge in [0.25, 0.3) is 0 Å². The summed E-state index contributed by atoms with van der Waals surface area (Å²) >= 11 is 1.45. The topological polar surface area (TPSA) is 79.8 Å². The average Bonchev–Trinajstić information content (AvgIpc) is 3.45. The fourth-order valence-corrected chi connectivity index (χ4v) is 6.45. The Morgan fingerprint density at radius 2 is 1.94 bits per heavy atom. The van der Waals surface area contributed by atoms with Crippen molar-refractivity contribution in [3.63, 3.8) is 0 Å². The van der Waals surface area contributed by atoms with E-state index in [2.05, 4.69) is 0 Å². The van der Waals surface area contributed by atoms with E-state index in [1.54, 1.807) is 4.90 Å². The van der Waals surface area contributed by atoms with Crippen LogP contribution in [0, 0.1) is 0 Å². The van der Waals surface area contributed by atoms with Crippen LogP contribution < -0.4 is 4.90 Å². The zero-order valence-corrected chi connectivity index (χ0v) is 19.4. The van der Waals surface area contributed by atoms with Gasteiger partial charge in [0.2, 0.25) is 15.9 Å². The van der Waals surface area contributed by atoms with E-state index >= 15 is 0 Å². The standard InChI is InChI=1S/C23H25N3O4S2/c1-32(28,29)26-14-17-8-3-2-7-16(17)13-20(26)22(27)25(15-18-9-6-12-30-18)23-24-19-10-4-5-11-21(19)31-23/h2-5,7-8,10-11,18,20H,6,9,12-15H2,1H3/t18-,20-/m1/s1. The second-order valence-electron chi connectivity index (χ2n) is 8.34. The number of sulfonamides is 1. The number of fused-ring (bicyclic) bond motifs is 2. The molecule has 7 nitrogen and oxygen atoms in total. The average molecular weight is 472 g/mol. The number of aromatic nitrogens is 1. The van der Waals surface area contributed by atoms with E-state index in [4.69, 9.17) is 9.72 Å². The molecule has 1 aromatic heterocycles. The molecule has 0 spiro atoms. The van der Waals surface area contributed by atoms with Gasteiger partial charge in [-0.05, 0) is 42.5 Å². The molecule has 0 radical (unpaired) electrons. The molecule has 5 rings (SSSR count). The quantitative estimate of drug-likeness (QED) is 0.571. The van der Waals surface area contributed by atoms with E-state index in [9.17, 15) is 13.2 Å². The van der Waals surface area contributed by atoms with Crippen molar-refractivity contribution < 1.29 is 17.9 Å². The van der Waals surface area contributed by atoms with Crippen molar-refractivity contribution in [1.29, 1.82) is 0 Å². The van der Waals surface area contributed by atoms with Crippen molar-refractivity contribution in [1.82, 2.24) is 9.29 Å². The lowest BCUT2D eigenvalue weighted by molar-refractivity contribution is -0.123. The number of hydrogen-bond donors (Lipinski definition) is 0. The predicted molar refractivity (Wildman–Crippen MR) is 125 cm³/mol. The Kier molecular flexibility index (Phi) is 5.75. The second-order valence-corrected chi connectivity index (χ2v) is 11.3. The summed E-state index contributed by atoms with van der Waals surface area (Å²) in [5.41, 5.74) is 2.77. The number of carbonyl (C=O) groups excluding carboxylic acids is 1. The number of hydrogen-bond acceptors (Lipinski definition) is 6. The first-order valence-corrected chi connectivity index (χ1v) is 13.4. The Labute approximate surface area is 191 Å². The molecule has 0 saturated carbocycles. The minimum atomic E-state index is -3.59. The summed E-state index contributed by atoms with van der Waals surface area (Å²) in [5.74, 6) is -0.250. The largest absolute Gasteiger partial charge is 0.376 e. The molecule has 2 aliphatic rings. The minimum Gasteiger partial charge on any atom is -0.376 e. The van der Waals surface area contributed by atoms with Crippen LogP contribution in [0.1, 0.15) is 24.0 Å². The summed E-state index contributed by atoms with van der Waals surface area (Å²) < 4.78 is 33.5. The van der Waals surface area contributed by atoms with Crippen LogP contribution in [0.25, 0.3) is 10.2 Å². The van der Waals surface area contributed by atoms with Crippen molar-refractivity contribution in [2.75, 3.05) is 24.3 Å². The first kappa shape index (κ1) is 21.5. The molecule has 0 unspecified atom stereocenters. The molecule has 3 heterocycles.